The molecular weight excluding hydrogens is 374 g/mol. The van der Waals surface area contributed by atoms with E-state index in [2.05, 4.69) is 20.5 Å². The predicted octanol–water partition coefficient (Wildman–Crippen LogP) is -0.259. The van der Waals surface area contributed by atoms with Crippen molar-refractivity contribution in [1.29, 1.82) is 0 Å². The summed E-state index contributed by atoms with van der Waals surface area (Å²) in [4.78, 5) is 42.8. The Balaban J connectivity index is 1.33. The van der Waals surface area contributed by atoms with Gasteiger partial charge in [-0.15, -0.1) is 0 Å². The first kappa shape index (κ1) is 20.9. The van der Waals surface area contributed by atoms with Gasteiger partial charge in [0.05, 0.1) is 30.4 Å². The third kappa shape index (κ3) is 6.37. The minimum Gasteiger partial charge on any atom is -0.379 e. The fourth-order valence-electron chi connectivity index (χ4n) is 3.19. The second-order valence-corrected chi connectivity index (χ2v) is 6.95. The van der Waals surface area contributed by atoms with E-state index in [0.29, 0.717) is 17.4 Å². The van der Waals surface area contributed by atoms with Gasteiger partial charge in [-0.1, -0.05) is 12.1 Å². The molecule has 2 N–H and O–H groups in total. The van der Waals surface area contributed by atoms with E-state index in [1.54, 1.807) is 24.3 Å². The summed E-state index contributed by atoms with van der Waals surface area (Å²) < 4.78 is 6.57. The highest BCUT2D eigenvalue weighted by Gasteiger charge is 2.10. The van der Waals surface area contributed by atoms with Crippen LogP contribution >= 0.6 is 0 Å². The van der Waals surface area contributed by atoms with Crippen LogP contribution in [0.2, 0.25) is 0 Å². The minimum atomic E-state index is -0.329. The molecule has 0 bridgehead atoms. The van der Waals surface area contributed by atoms with Crippen molar-refractivity contribution < 1.29 is 14.3 Å². The first-order valence-corrected chi connectivity index (χ1v) is 9.91. The Kier molecular flexibility index (Phi) is 7.71. The Morgan fingerprint density at radius 3 is 2.66 bits per heavy atom. The van der Waals surface area contributed by atoms with E-state index in [9.17, 15) is 14.4 Å². The lowest BCUT2D eigenvalue weighted by molar-refractivity contribution is -0.122. The van der Waals surface area contributed by atoms with Crippen molar-refractivity contribution in [3.05, 3.63) is 40.9 Å². The third-order valence-electron chi connectivity index (χ3n) is 4.80. The number of nitrogens with zero attached hydrogens (tertiary/aromatic N) is 3. The largest absolute Gasteiger partial charge is 0.379 e. The van der Waals surface area contributed by atoms with E-state index in [1.165, 1.54) is 10.9 Å². The highest BCUT2D eigenvalue weighted by Crippen LogP contribution is 2.04. The summed E-state index contributed by atoms with van der Waals surface area (Å²) in [6.45, 7) is 5.07. The maximum Gasteiger partial charge on any atom is 0.261 e. The normalized spacial score (nSPS) is 14.6. The topological polar surface area (TPSA) is 106 Å². The van der Waals surface area contributed by atoms with Crippen molar-refractivity contribution in [3.8, 4) is 0 Å². The van der Waals surface area contributed by atoms with Crippen LogP contribution < -0.4 is 16.2 Å². The smallest absolute Gasteiger partial charge is 0.261 e. The maximum absolute atomic E-state index is 12.4. The molecule has 1 saturated heterocycles. The number of carbonyl (C=O) groups excluding carboxylic acids is 2. The summed E-state index contributed by atoms with van der Waals surface area (Å²) in [6, 6.07) is 7.00. The van der Waals surface area contributed by atoms with Gasteiger partial charge in [0, 0.05) is 32.6 Å². The van der Waals surface area contributed by atoms with Crippen LogP contribution in [0.15, 0.2) is 35.4 Å². The number of nitrogens with one attached hydrogen (secondary N) is 2. The van der Waals surface area contributed by atoms with E-state index in [-0.39, 0.29) is 36.9 Å². The molecule has 1 fully saturated rings. The summed E-state index contributed by atoms with van der Waals surface area (Å²) in [7, 11) is 0. The molecule has 2 aromatic rings. The van der Waals surface area contributed by atoms with Crippen LogP contribution in [-0.4, -0.2) is 72.2 Å². The van der Waals surface area contributed by atoms with Gasteiger partial charge < -0.3 is 15.4 Å². The number of aromatic nitrogens is 2. The van der Waals surface area contributed by atoms with Crippen LogP contribution in [0.25, 0.3) is 10.9 Å². The molecule has 0 aliphatic carbocycles. The van der Waals surface area contributed by atoms with E-state index in [0.717, 1.165) is 39.3 Å². The fraction of sp³-hybridized carbons (Fsp3) is 0.500. The third-order valence-corrected chi connectivity index (χ3v) is 4.80. The molecule has 29 heavy (non-hydrogen) atoms. The number of fused-ring (bicyclic) bond motifs is 1. The number of benzene rings is 1. The molecule has 156 valence electrons. The number of rotatable bonds is 9. The highest BCUT2D eigenvalue weighted by molar-refractivity contribution is 5.80. The van der Waals surface area contributed by atoms with E-state index in [4.69, 9.17) is 4.74 Å². The molecule has 1 aliphatic heterocycles. The van der Waals surface area contributed by atoms with E-state index in [1.807, 2.05) is 0 Å². The molecule has 9 heteroatoms. The van der Waals surface area contributed by atoms with Gasteiger partial charge in [-0.3, -0.25) is 23.9 Å². The lowest BCUT2D eigenvalue weighted by atomic mass is 10.2. The number of carbonyl (C=O) groups is 2. The molecule has 2 heterocycles. The quantitative estimate of drug-likeness (QED) is 0.561. The summed E-state index contributed by atoms with van der Waals surface area (Å²) in [5.74, 6) is -0.430. The van der Waals surface area contributed by atoms with Crippen molar-refractivity contribution >= 4 is 22.7 Å². The maximum atomic E-state index is 12.4. The molecule has 0 radical (unpaired) electrons. The number of morpholine rings is 1. The van der Waals surface area contributed by atoms with Crippen molar-refractivity contribution in [3.63, 3.8) is 0 Å². The van der Waals surface area contributed by atoms with Crippen molar-refractivity contribution in [2.24, 2.45) is 0 Å². The molecule has 0 saturated carbocycles. The number of amides is 2. The van der Waals surface area contributed by atoms with Gasteiger partial charge in [0.15, 0.2) is 0 Å². The molecule has 0 spiro atoms. The number of para-hydroxylation sites is 1. The van der Waals surface area contributed by atoms with Crippen molar-refractivity contribution in [2.75, 3.05) is 45.9 Å². The fourth-order valence-corrected chi connectivity index (χ4v) is 3.19. The zero-order valence-electron chi connectivity index (χ0n) is 16.4. The standard InChI is InChI=1S/C20H27N5O4/c26-18(21-7-3-9-24-10-12-29-13-11-24)6-8-22-19(27)14-25-15-23-17-5-2-1-4-16(17)20(25)28/h1-2,4-5,15H,3,6-14H2,(H,21,26)(H,22,27). The molecule has 1 aromatic heterocycles. The SMILES string of the molecule is O=C(CCNC(=O)Cn1cnc2ccccc2c1=O)NCCCN1CCOCC1. The van der Waals surface area contributed by atoms with Crippen LogP contribution in [0, 0.1) is 0 Å². The van der Waals surface area contributed by atoms with Gasteiger partial charge in [-0.25, -0.2) is 4.98 Å². The van der Waals surface area contributed by atoms with Gasteiger partial charge in [-0.2, -0.15) is 0 Å². The average molecular weight is 401 g/mol. The van der Waals surface area contributed by atoms with Crippen molar-refractivity contribution in [2.45, 2.75) is 19.4 Å². The molecule has 3 rings (SSSR count). The molecule has 1 aromatic carbocycles. The van der Waals surface area contributed by atoms with E-state index < -0.39 is 0 Å². The van der Waals surface area contributed by atoms with Gasteiger partial charge in [0.1, 0.15) is 6.54 Å². The second-order valence-electron chi connectivity index (χ2n) is 6.95. The molecular formula is C20H27N5O4. The summed E-state index contributed by atoms with van der Waals surface area (Å²) >= 11 is 0. The minimum absolute atomic E-state index is 0.100. The Hall–Kier alpha value is -2.78. The lowest BCUT2D eigenvalue weighted by Crippen LogP contribution is -2.38. The Morgan fingerprint density at radius 1 is 1.07 bits per heavy atom. The summed E-state index contributed by atoms with van der Waals surface area (Å²) in [5.41, 5.74) is 0.336. The van der Waals surface area contributed by atoms with Crippen LogP contribution in [-0.2, 0) is 20.9 Å². The molecule has 0 unspecified atom stereocenters. The highest BCUT2D eigenvalue weighted by atomic mass is 16.5. The molecule has 1 aliphatic rings. The van der Waals surface area contributed by atoms with Crippen LogP contribution in [0.5, 0.6) is 0 Å². The molecule has 2 amide bonds. The first-order valence-electron chi connectivity index (χ1n) is 9.91. The zero-order chi connectivity index (χ0) is 20.5. The van der Waals surface area contributed by atoms with Gasteiger partial charge in [0.2, 0.25) is 11.8 Å². The van der Waals surface area contributed by atoms with Crippen molar-refractivity contribution in [1.82, 2.24) is 25.1 Å². The first-order chi connectivity index (χ1) is 14.1. The van der Waals surface area contributed by atoms with Crippen LogP contribution in [0.1, 0.15) is 12.8 Å². The second kappa shape index (κ2) is 10.7. The number of hydrogen-bond acceptors (Lipinski definition) is 6. The zero-order valence-corrected chi connectivity index (χ0v) is 16.4. The average Bonchev–Trinajstić information content (AvgIpc) is 2.74. The molecule has 9 nitrogen and oxygen atoms in total. The Labute approximate surface area is 169 Å². The Bertz CT molecular complexity index is 892. The Morgan fingerprint density at radius 2 is 1.83 bits per heavy atom. The van der Waals surface area contributed by atoms with Gasteiger partial charge in [0.25, 0.3) is 5.56 Å². The van der Waals surface area contributed by atoms with Gasteiger partial charge in [-0.05, 0) is 25.1 Å². The number of ether oxygens (including phenoxy) is 1. The lowest BCUT2D eigenvalue weighted by Gasteiger charge is -2.26. The molecule has 0 atom stereocenters. The van der Waals surface area contributed by atoms with Gasteiger partial charge >= 0.3 is 0 Å². The van der Waals surface area contributed by atoms with E-state index >= 15 is 0 Å². The van der Waals surface area contributed by atoms with Crippen LogP contribution in [0.3, 0.4) is 0 Å². The van der Waals surface area contributed by atoms with Crippen LogP contribution in [0.4, 0.5) is 0 Å². The monoisotopic (exact) mass is 401 g/mol. The predicted molar refractivity (Wildman–Crippen MR) is 109 cm³/mol. The summed E-state index contributed by atoms with van der Waals surface area (Å²) in [5, 5.41) is 6.00. The number of hydrogen-bond donors (Lipinski definition) is 2. The summed E-state index contributed by atoms with van der Waals surface area (Å²) in [6.07, 6.45) is 2.45.